The first-order valence-corrected chi connectivity index (χ1v) is 7.77. The van der Waals surface area contributed by atoms with Gasteiger partial charge in [-0.25, -0.2) is 17.2 Å². The van der Waals surface area contributed by atoms with Gasteiger partial charge in [0.15, 0.2) is 4.90 Å². The fraction of sp³-hybridized carbons (Fsp3) is 0.462. The summed E-state index contributed by atoms with van der Waals surface area (Å²) in [6.45, 7) is 3.38. The van der Waals surface area contributed by atoms with E-state index in [4.69, 9.17) is 0 Å². The lowest BCUT2D eigenvalue weighted by Gasteiger charge is -2.21. The van der Waals surface area contributed by atoms with Gasteiger partial charge < -0.3 is 4.74 Å². The van der Waals surface area contributed by atoms with E-state index >= 15 is 0 Å². The highest BCUT2D eigenvalue weighted by molar-refractivity contribution is 7.89. The van der Waals surface area contributed by atoms with Crippen LogP contribution in [-0.2, 0) is 19.6 Å². The van der Waals surface area contributed by atoms with Crippen LogP contribution >= 0.6 is 0 Å². The van der Waals surface area contributed by atoms with E-state index in [1.54, 1.807) is 13.8 Å². The van der Waals surface area contributed by atoms with E-state index in [0.29, 0.717) is 6.42 Å². The van der Waals surface area contributed by atoms with Crippen LogP contribution < -0.4 is 4.72 Å². The van der Waals surface area contributed by atoms with Crippen molar-refractivity contribution in [3.05, 3.63) is 29.8 Å². The maximum atomic E-state index is 13.6. The van der Waals surface area contributed by atoms with E-state index in [9.17, 15) is 22.0 Å². The molecule has 0 saturated heterocycles. The molecule has 0 fully saturated rings. The van der Waals surface area contributed by atoms with E-state index in [-0.39, 0.29) is 0 Å². The fourth-order valence-electron chi connectivity index (χ4n) is 1.72. The standard InChI is InChI=1S/C13H17F2NO4S/c1-4-8(2)11(13(17)20-3)16-21(18,19)12-9(14)6-5-7-10(12)15/h5-8,11,16H,4H2,1-3H3/t8-,11-/m1/s1. The number of hydrogen-bond acceptors (Lipinski definition) is 4. The molecular weight excluding hydrogens is 304 g/mol. The molecule has 0 heterocycles. The molecule has 0 aliphatic heterocycles. The topological polar surface area (TPSA) is 72.5 Å². The summed E-state index contributed by atoms with van der Waals surface area (Å²) in [5, 5.41) is 0. The van der Waals surface area contributed by atoms with Crippen molar-refractivity contribution >= 4 is 16.0 Å². The summed E-state index contributed by atoms with van der Waals surface area (Å²) in [7, 11) is -3.43. The van der Waals surface area contributed by atoms with Crippen LogP contribution in [0.1, 0.15) is 20.3 Å². The molecule has 0 saturated carbocycles. The molecule has 21 heavy (non-hydrogen) atoms. The van der Waals surface area contributed by atoms with Crippen molar-refractivity contribution in [2.45, 2.75) is 31.2 Å². The molecule has 0 aliphatic rings. The van der Waals surface area contributed by atoms with Gasteiger partial charge in [-0.05, 0) is 18.1 Å². The summed E-state index contributed by atoms with van der Waals surface area (Å²) in [4.78, 5) is 10.5. The predicted octanol–water partition coefficient (Wildman–Crippen LogP) is 1.83. The van der Waals surface area contributed by atoms with Gasteiger partial charge in [-0.3, -0.25) is 4.79 Å². The number of rotatable bonds is 6. The Hall–Kier alpha value is -1.54. The molecule has 0 unspecified atom stereocenters. The normalized spacial score (nSPS) is 14.5. The molecule has 1 N–H and O–H groups in total. The molecule has 118 valence electrons. The Morgan fingerprint density at radius 3 is 2.29 bits per heavy atom. The molecule has 0 radical (unpaired) electrons. The number of ether oxygens (including phenoxy) is 1. The molecule has 0 aliphatic carbocycles. The van der Waals surface area contributed by atoms with Crippen LogP contribution in [0.5, 0.6) is 0 Å². The average molecular weight is 321 g/mol. The van der Waals surface area contributed by atoms with Crippen LogP contribution in [0, 0.1) is 17.6 Å². The maximum absolute atomic E-state index is 13.6. The van der Waals surface area contributed by atoms with Gasteiger partial charge >= 0.3 is 5.97 Å². The van der Waals surface area contributed by atoms with Crippen molar-refractivity contribution < 1.29 is 26.7 Å². The van der Waals surface area contributed by atoms with Gasteiger partial charge in [0.05, 0.1) is 7.11 Å². The van der Waals surface area contributed by atoms with E-state index in [1.807, 2.05) is 4.72 Å². The average Bonchev–Trinajstić information content (AvgIpc) is 2.42. The lowest BCUT2D eigenvalue weighted by molar-refractivity contribution is -0.143. The quantitative estimate of drug-likeness (QED) is 0.811. The highest BCUT2D eigenvalue weighted by Crippen LogP contribution is 2.20. The van der Waals surface area contributed by atoms with Crippen LogP contribution in [0.2, 0.25) is 0 Å². The first kappa shape index (κ1) is 17.5. The number of benzene rings is 1. The maximum Gasteiger partial charge on any atom is 0.324 e. The second-order valence-electron chi connectivity index (χ2n) is 4.56. The summed E-state index contributed by atoms with van der Waals surface area (Å²) in [6.07, 6.45) is 0.474. The first-order chi connectivity index (χ1) is 9.74. The Morgan fingerprint density at radius 1 is 1.33 bits per heavy atom. The van der Waals surface area contributed by atoms with Crippen molar-refractivity contribution in [3.8, 4) is 0 Å². The molecule has 1 aromatic rings. The lowest BCUT2D eigenvalue weighted by atomic mass is 10.0. The van der Waals surface area contributed by atoms with Crippen LogP contribution in [0.4, 0.5) is 8.78 Å². The zero-order valence-corrected chi connectivity index (χ0v) is 12.7. The van der Waals surface area contributed by atoms with Crippen LogP contribution in [0.3, 0.4) is 0 Å². The van der Waals surface area contributed by atoms with E-state index in [1.165, 1.54) is 0 Å². The summed E-state index contributed by atoms with van der Waals surface area (Å²) < 4.78 is 58.0. The van der Waals surface area contributed by atoms with Crippen LogP contribution in [0.25, 0.3) is 0 Å². The largest absolute Gasteiger partial charge is 0.468 e. The molecule has 0 amide bonds. The number of halogens is 2. The summed E-state index contributed by atoms with van der Waals surface area (Å²) in [6, 6.07) is 1.49. The van der Waals surface area contributed by atoms with Crippen molar-refractivity contribution in [1.82, 2.24) is 4.72 Å². The number of esters is 1. The molecule has 5 nitrogen and oxygen atoms in total. The zero-order chi connectivity index (χ0) is 16.2. The number of carbonyl (C=O) groups excluding carboxylic acids is 1. The van der Waals surface area contributed by atoms with Crippen LogP contribution in [-0.4, -0.2) is 27.5 Å². The minimum Gasteiger partial charge on any atom is -0.468 e. The fourth-order valence-corrected chi connectivity index (χ4v) is 3.15. The van der Waals surface area contributed by atoms with Gasteiger partial charge in [-0.15, -0.1) is 0 Å². The molecule has 0 bridgehead atoms. The van der Waals surface area contributed by atoms with E-state index in [0.717, 1.165) is 25.3 Å². The van der Waals surface area contributed by atoms with Gasteiger partial charge in [0, 0.05) is 0 Å². The third kappa shape index (κ3) is 3.98. The second-order valence-corrected chi connectivity index (χ2v) is 6.21. The van der Waals surface area contributed by atoms with Crippen molar-refractivity contribution in [1.29, 1.82) is 0 Å². The Kier molecular flexibility index (Phi) is 5.79. The summed E-state index contributed by atoms with van der Waals surface area (Å²) in [5.74, 6) is -3.67. The van der Waals surface area contributed by atoms with Crippen molar-refractivity contribution in [2.75, 3.05) is 7.11 Å². The van der Waals surface area contributed by atoms with Gasteiger partial charge in [-0.1, -0.05) is 26.3 Å². The number of nitrogens with one attached hydrogen (secondary N) is 1. The number of carbonyl (C=O) groups is 1. The molecule has 1 aromatic carbocycles. The van der Waals surface area contributed by atoms with Gasteiger partial charge in [0.2, 0.25) is 10.0 Å². The predicted molar refractivity (Wildman–Crippen MR) is 71.9 cm³/mol. The first-order valence-electron chi connectivity index (χ1n) is 6.28. The Balaban J connectivity index is 3.21. The van der Waals surface area contributed by atoms with Gasteiger partial charge in [0.1, 0.15) is 17.7 Å². The Bertz CT molecular complexity index is 598. The number of sulfonamides is 1. The summed E-state index contributed by atoms with van der Waals surface area (Å²) >= 11 is 0. The molecule has 8 heteroatoms. The van der Waals surface area contributed by atoms with Crippen molar-refractivity contribution in [3.63, 3.8) is 0 Å². The zero-order valence-electron chi connectivity index (χ0n) is 11.9. The van der Waals surface area contributed by atoms with Gasteiger partial charge in [0.25, 0.3) is 0 Å². The monoisotopic (exact) mass is 321 g/mol. The van der Waals surface area contributed by atoms with E-state index < -0.39 is 44.5 Å². The SMILES string of the molecule is CC[C@@H](C)[C@@H](NS(=O)(=O)c1c(F)cccc1F)C(=O)OC. The number of hydrogen-bond donors (Lipinski definition) is 1. The van der Waals surface area contributed by atoms with Crippen molar-refractivity contribution in [2.24, 2.45) is 5.92 Å². The van der Waals surface area contributed by atoms with E-state index in [2.05, 4.69) is 4.74 Å². The lowest BCUT2D eigenvalue weighted by Crippen LogP contribution is -2.46. The molecule has 1 rings (SSSR count). The molecule has 2 atom stereocenters. The molecule has 0 spiro atoms. The van der Waals surface area contributed by atoms with Crippen LogP contribution in [0.15, 0.2) is 23.1 Å². The smallest absolute Gasteiger partial charge is 0.324 e. The highest BCUT2D eigenvalue weighted by Gasteiger charge is 2.33. The molecular formula is C13H17F2NO4S. The second kappa shape index (κ2) is 6.95. The minimum atomic E-state index is -4.53. The third-order valence-corrected chi connectivity index (χ3v) is 4.63. The Labute approximate surface area is 122 Å². The minimum absolute atomic E-state index is 0.401. The third-order valence-electron chi connectivity index (χ3n) is 3.14. The summed E-state index contributed by atoms with van der Waals surface area (Å²) in [5.41, 5.74) is 0. The number of methoxy groups -OCH3 is 1. The van der Waals surface area contributed by atoms with Gasteiger partial charge in [-0.2, -0.15) is 4.72 Å². The molecule has 0 aromatic heterocycles. The highest BCUT2D eigenvalue weighted by atomic mass is 32.2. The Morgan fingerprint density at radius 2 is 1.86 bits per heavy atom.